The molecule has 88 valence electrons. The van der Waals surface area contributed by atoms with Crippen molar-refractivity contribution in [3.63, 3.8) is 0 Å². The van der Waals surface area contributed by atoms with Crippen molar-refractivity contribution in [3.05, 3.63) is 12.2 Å². The number of hydrogen-bond acceptors (Lipinski definition) is 4. The molecule has 0 rings (SSSR count). The molecule has 0 aliphatic carbocycles. The van der Waals surface area contributed by atoms with Gasteiger partial charge in [0.2, 0.25) is 0 Å². The van der Waals surface area contributed by atoms with Gasteiger partial charge in [0.1, 0.15) is 9.84 Å². The number of nitrogens with two attached hydrogens (primary N) is 1. The molecule has 0 radical (unpaired) electrons. The van der Waals surface area contributed by atoms with Crippen LogP contribution >= 0.6 is 0 Å². The molecule has 0 amide bonds. The Kier molecular flexibility index (Phi) is 5.75. The molecule has 4 nitrogen and oxygen atoms in total. The van der Waals surface area contributed by atoms with Crippen LogP contribution in [0.5, 0.6) is 0 Å². The van der Waals surface area contributed by atoms with Crippen molar-refractivity contribution < 1.29 is 13.2 Å². The summed E-state index contributed by atoms with van der Waals surface area (Å²) in [5, 5.41) is 0. The van der Waals surface area contributed by atoms with E-state index in [9.17, 15) is 13.2 Å². The summed E-state index contributed by atoms with van der Waals surface area (Å²) in [4.78, 5) is 11.4. The molecule has 0 aromatic heterocycles. The maximum absolute atomic E-state index is 11.4. The average Bonchev–Trinajstić information content (AvgIpc) is 2.12. The van der Waals surface area contributed by atoms with Gasteiger partial charge in [-0.25, -0.2) is 8.42 Å². The van der Waals surface area contributed by atoms with Crippen LogP contribution < -0.4 is 5.73 Å². The van der Waals surface area contributed by atoms with Crippen LogP contribution in [0, 0.1) is 0 Å². The second kappa shape index (κ2) is 6.02. The zero-order chi connectivity index (χ0) is 12.1. The standard InChI is InChI=1S/C10H19NO3S/c1-4-8(2)7-10(12)9(11)5-6-15(3,13)14/h9H,2,4-7,11H2,1,3H3. The number of carbonyl (C=O) groups is 1. The summed E-state index contributed by atoms with van der Waals surface area (Å²) < 4.78 is 21.7. The first-order valence-corrected chi connectivity index (χ1v) is 6.95. The molecule has 0 fully saturated rings. The van der Waals surface area contributed by atoms with Gasteiger partial charge in [-0.15, -0.1) is 0 Å². The van der Waals surface area contributed by atoms with E-state index in [0.29, 0.717) is 0 Å². The molecular weight excluding hydrogens is 214 g/mol. The van der Waals surface area contributed by atoms with E-state index in [2.05, 4.69) is 6.58 Å². The van der Waals surface area contributed by atoms with Gasteiger partial charge in [0.05, 0.1) is 11.8 Å². The quantitative estimate of drug-likeness (QED) is 0.656. The summed E-state index contributed by atoms with van der Waals surface area (Å²) in [5.74, 6) is -0.177. The first-order chi connectivity index (χ1) is 6.76. The predicted molar refractivity (Wildman–Crippen MR) is 61.4 cm³/mol. The maximum atomic E-state index is 11.4. The van der Waals surface area contributed by atoms with Crippen LogP contribution in [0.3, 0.4) is 0 Å². The molecule has 0 saturated heterocycles. The first kappa shape index (κ1) is 14.3. The lowest BCUT2D eigenvalue weighted by atomic mass is 10.0. The Morgan fingerprint density at radius 2 is 2.00 bits per heavy atom. The number of ketones is 1. The highest BCUT2D eigenvalue weighted by atomic mass is 32.2. The molecule has 0 aliphatic heterocycles. The normalized spacial score (nSPS) is 13.5. The van der Waals surface area contributed by atoms with E-state index in [1.165, 1.54) is 0 Å². The number of carbonyl (C=O) groups excluding carboxylic acids is 1. The van der Waals surface area contributed by atoms with Crippen LogP contribution in [0.15, 0.2) is 12.2 Å². The van der Waals surface area contributed by atoms with Crippen molar-refractivity contribution in [2.75, 3.05) is 12.0 Å². The fourth-order valence-electron chi connectivity index (χ4n) is 1.00. The molecule has 0 saturated carbocycles. The van der Waals surface area contributed by atoms with Gasteiger partial charge in [-0.2, -0.15) is 0 Å². The molecule has 1 unspecified atom stereocenters. The Morgan fingerprint density at radius 3 is 2.40 bits per heavy atom. The Hall–Kier alpha value is -0.680. The van der Waals surface area contributed by atoms with E-state index in [1.807, 2.05) is 6.92 Å². The smallest absolute Gasteiger partial charge is 0.153 e. The molecule has 0 bridgehead atoms. The molecule has 15 heavy (non-hydrogen) atoms. The third-order valence-electron chi connectivity index (χ3n) is 2.14. The van der Waals surface area contributed by atoms with Gasteiger partial charge in [-0.3, -0.25) is 4.79 Å². The van der Waals surface area contributed by atoms with Gasteiger partial charge in [0.25, 0.3) is 0 Å². The molecule has 0 aromatic rings. The van der Waals surface area contributed by atoms with Gasteiger partial charge < -0.3 is 5.73 Å². The lowest BCUT2D eigenvalue weighted by molar-refractivity contribution is -0.119. The molecule has 2 N–H and O–H groups in total. The largest absolute Gasteiger partial charge is 0.321 e. The average molecular weight is 233 g/mol. The van der Waals surface area contributed by atoms with E-state index in [1.54, 1.807) is 0 Å². The number of rotatable bonds is 7. The third-order valence-corrected chi connectivity index (χ3v) is 3.11. The van der Waals surface area contributed by atoms with Crippen LogP contribution in [0.4, 0.5) is 0 Å². The second-order valence-electron chi connectivity index (χ2n) is 3.77. The summed E-state index contributed by atoms with van der Waals surface area (Å²) in [7, 11) is -3.04. The number of Topliss-reactive ketones (excluding diaryl/α,β-unsaturated/α-hetero) is 1. The highest BCUT2D eigenvalue weighted by Crippen LogP contribution is 2.07. The van der Waals surface area contributed by atoms with Crippen molar-refractivity contribution in [3.8, 4) is 0 Å². The second-order valence-corrected chi connectivity index (χ2v) is 6.03. The fraction of sp³-hybridized carbons (Fsp3) is 0.700. The van der Waals surface area contributed by atoms with Crippen LogP contribution in [0.1, 0.15) is 26.2 Å². The maximum Gasteiger partial charge on any atom is 0.153 e. The van der Waals surface area contributed by atoms with Crippen molar-refractivity contribution >= 4 is 15.6 Å². The summed E-state index contributed by atoms with van der Waals surface area (Å²) >= 11 is 0. The minimum absolute atomic E-state index is 0.0431. The van der Waals surface area contributed by atoms with Crippen LogP contribution in [-0.2, 0) is 14.6 Å². The molecule has 0 aliphatic rings. The lowest BCUT2D eigenvalue weighted by Crippen LogP contribution is -2.32. The zero-order valence-corrected chi connectivity index (χ0v) is 10.1. The first-order valence-electron chi connectivity index (χ1n) is 4.89. The minimum Gasteiger partial charge on any atom is -0.321 e. The number of hydrogen-bond donors (Lipinski definition) is 1. The Labute approximate surface area is 91.5 Å². The molecule has 1 atom stereocenters. The Morgan fingerprint density at radius 1 is 1.47 bits per heavy atom. The molecule has 0 heterocycles. The Balaban J connectivity index is 4.06. The zero-order valence-electron chi connectivity index (χ0n) is 9.32. The summed E-state index contributed by atoms with van der Waals surface area (Å²) in [6.45, 7) is 5.62. The number of allylic oxidation sites excluding steroid dienone is 1. The SMILES string of the molecule is C=C(CC)CC(=O)C(N)CCS(C)(=O)=O. The van der Waals surface area contributed by atoms with Crippen LogP contribution in [-0.4, -0.2) is 32.3 Å². The third kappa shape index (κ3) is 7.27. The van der Waals surface area contributed by atoms with Gasteiger partial charge in [-0.05, 0) is 12.8 Å². The molecule has 0 aromatic carbocycles. The van der Waals surface area contributed by atoms with Gasteiger partial charge in [-0.1, -0.05) is 19.1 Å². The van der Waals surface area contributed by atoms with E-state index < -0.39 is 15.9 Å². The van der Waals surface area contributed by atoms with E-state index >= 15 is 0 Å². The number of sulfone groups is 1. The summed E-state index contributed by atoms with van der Waals surface area (Å²) in [5.41, 5.74) is 6.40. The van der Waals surface area contributed by atoms with Crippen molar-refractivity contribution in [1.82, 2.24) is 0 Å². The van der Waals surface area contributed by atoms with Crippen LogP contribution in [0.25, 0.3) is 0 Å². The van der Waals surface area contributed by atoms with Gasteiger partial charge in [0, 0.05) is 12.7 Å². The highest BCUT2D eigenvalue weighted by molar-refractivity contribution is 7.90. The topological polar surface area (TPSA) is 77.2 Å². The fourth-order valence-corrected chi connectivity index (χ4v) is 1.69. The predicted octanol–water partition coefficient (Wildman–Crippen LogP) is 0.674. The van der Waals surface area contributed by atoms with E-state index in [-0.39, 0.29) is 24.4 Å². The summed E-state index contributed by atoms with van der Waals surface area (Å²) in [6, 6.07) is -0.692. The highest BCUT2D eigenvalue weighted by Gasteiger charge is 2.16. The van der Waals surface area contributed by atoms with Crippen molar-refractivity contribution in [2.45, 2.75) is 32.2 Å². The monoisotopic (exact) mass is 233 g/mol. The van der Waals surface area contributed by atoms with Gasteiger partial charge in [0.15, 0.2) is 5.78 Å². The van der Waals surface area contributed by atoms with Crippen LogP contribution in [0.2, 0.25) is 0 Å². The van der Waals surface area contributed by atoms with Crippen molar-refractivity contribution in [1.29, 1.82) is 0 Å². The van der Waals surface area contributed by atoms with E-state index in [4.69, 9.17) is 5.73 Å². The molecule has 0 spiro atoms. The van der Waals surface area contributed by atoms with E-state index in [0.717, 1.165) is 18.2 Å². The Bertz CT molecular complexity index is 333. The summed E-state index contributed by atoms with van der Waals surface area (Å²) in [6.07, 6.45) is 2.32. The van der Waals surface area contributed by atoms with Crippen molar-refractivity contribution in [2.24, 2.45) is 5.73 Å². The molecular formula is C10H19NO3S. The molecule has 5 heteroatoms. The van der Waals surface area contributed by atoms with Gasteiger partial charge >= 0.3 is 0 Å². The minimum atomic E-state index is -3.04. The lowest BCUT2D eigenvalue weighted by Gasteiger charge is -2.10.